The minimum Gasteiger partial charge on any atom is -0.378 e. The Morgan fingerprint density at radius 3 is 2.38 bits per heavy atom. The van der Waals surface area contributed by atoms with E-state index in [2.05, 4.69) is 10.0 Å². The summed E-state index contributed by atoms with van der Waals surface area (Å²) in [6, 6.07) is 13.5. The minimum atomic E-state index is -3.70. The Morgan fingerprint density at radius 2 is 1.75 bits per heavy atom. The zero-order valence-corrected chi connectivity index (χ0v) is 13.3. The lowest BCUT2D eigenvalue weighted by atomic mass is 10.2. The van der Waals surface area contributed by atoms with Gasteiger partial charge in [-0.1, -0.05) is 12.1 Å². The van der Waals surface area contributed by atoms with Gasteiger partial charge >= 0.3 is 0 Å². The Morgan fingerprint density at radius 1 is 1.08 bits per heavy atom. The summed E-state index contributed by atoms with van der Waals surface area (Å²) in [7, 11) is -3.70. The summed E-state index contributed by atoms with van der Waals surface area (Å²) in [5.74, 6) is 0. The van der Waals surface area contributed by atoms with Crippen LogP contribution in [0.5, 0.6) is 0 Å². The number of benzene rings is 2. The smallest absolute Gasteiger partial charge is 0.292 e. The summed E-state index contributed by atoms with van der Waals surface area (Å²) in [6.45, 7) is 0.231. The van der Waals surface area contributed by atoms with Crippen LogP contribution in [0.15, 0.2) is 53.4 Å². The third-order valence-corrected chi connectivity index (χ3v) is 4.60. The third-order valence-electron chi connectivity index (χ3n) is 3.13. The van der Waals surface area contributed by atoms with Crippen molar-refractivity contribution >= 4 is 21.4 Å². The zero-order valence-electron chi connectivity index (χ0n) is 12.5. The number of nitro groups is 1. The fourth-order valence-electron chi connectivity index (χ4n) is 1.96. The van der Waals surface area contributed by atoms with Gasteiger partial charge in [-0.25, -0.2) is 13.1 Å². The number of nitro benzene ring substituents is 1. The lowest BCUT2D eigenvalue weighted by molar-refractivity contribution is -0.384. The molecule has 0 aliphatic heterocycles. The molecule has 124 valence electrons. The van der Waals surface area contributed by atoms with Crippen LogP contribution in [0.4, 0.5) is 11.4 Å². The first-order valence-corrected chi connectivity index (χ1v) is 8.39. The van der Waals surface area contributed by atoms with E-state index in [9.17, 15) is 18.5 Å². The minimum absolute atomic E-state index is 0.0483. The highest BCUT2D eigenvalue weighted by molar-refractivity contribution is 7.89. The molecule has 8 nitrogen and oxygen atoms in total. The van der Waals surface area contributed by atoms with Crippen molar-refractivity contribution in [1.82, 2.24) is 4.72 Å². The quantitative estimate of drug-likeness (QED) is 0.448. The molecule has 9 heteroatoms. The van der Waals surface area contributed by atoms with Crippen molar-refractivity contribution in [2.24, 2.45) is 0 Å². The summed E-state index contributed by atoms with van der Waals surface area (Å²) in [6.07, 6.45) is 0. The summed E-state index contributed by atoms with van der Waals surface area (Å²) in [5, 5.41) is 22.4. The van der Waals surface area contributed by atoms with Crippen LogP contribution in [0.3, 0.4) is 0 Å². The van der Waals surface area contributed by atoms with Crippen molar-refractivity contribution < 1.29 is 13.3 Å². The molecule has 0 heterocycles. The zero-order chi connectivity index (χ0) is 17.6. The normalized spacial score (nSPS) is 10.8. The van der Waals surface area contributed by atoms with Crippen molar-refractivity contribution in [1.29, 1.82) is 5.26 Å². The van der Waals surface area contributed by atoms with E-state index >= 15 is 0 Å². The Balaban J connectivity index is 1.94. The van der Waals surface area contributed by atoms with Crippen LogP contribution in [0.1, 0.15) is 5.56 Å². The van der Waals surface area contributed by atoms with E-state index in [-0.39, 0.29) is 23.7 Å². The lowest BCUT2D eigenvalue weighted by Crippen LogP contribution is -2.29. The monoisotopic (exact) mass is 346 g/mol. The first-order chi connectivity index (χ1) is 11.4. The van der Waals surface area contributed by atoms with Gasteiger partial charge in [0.05, 0.1) is 21.5 Å². The average molecular weight is 346 g/mol. The van der Waals surface area contributed by atoms with Crippen LogP contribution in [-0.2, 0) is 10.0 Å². The van der Waals surface area contributed by atoms with Gasteiger partial charge in [-0.15, -0.1) is 0 Å². The molecule has 2 N–H and O–H groups in total. The number of para-hydroxylation sites is 2. The molecule has 24 heavy (non-hydrogen) atoms. The van der Waals surface area contributed by atoms with E-state index in [1.165, 1.54) is 30.3 Å². The molecular weight excluding hydrogens is 332 g/mol. The van der Waals surface area contributed by atoms with Crippen molar-refractivity contribution in [3.05, 3.63) is 64.2 Å². The fraction of sp³-hybridized carbons (Fsp3) is 0.133. The summed E-state index contributed by atoms with van der Waals surface area (Å²) in [5.41, 5.74) is 0.611. The van der Waals surface area contributed by atoms with E-state index in [1.807, 2.05) is 6.07 Å². The van der Waals surface area contributed by atoms with E-state index in [1.54, 1.807) is 18.2 Å². The number of rotatable bonds is 7. The predicted octanol–water partition coefficient (Wildman–Crippen LogP) is 1.86. The Hall–Kier alpha value is -2.96. The van der Waals surface area contributed by atoms with E-state index in [4.69, 9.17) is 5.26 Å². The summed E-state index contributed by atoms with van der Waals surface area (Å²) >= 11 is 0. The molecule has 2 aromatic carbocycles. The Labute approximate surface area is 138 Å². The van der Waals surface area contributed by atoms with Crippen LogP contribution in [0, 0.1) is 21.4 Å². The van der Waals surface area contributed by atoms with Gasteiger partial charge in [-0.3, -0.25) is 10.1 Å². The van der Waals surface area contributed by atoms with E-state index in [0.29, 0.717) is 11.3 Å². The van der Waals surface area contributed by atoms with Crippen molar-refractivity contribution in [2.75, 3.05) is 18.4 Å². The van der Waals surface area contributed by atoms with Gasteiger partial charge < -0.3 is 5.32 Å². The van der Waals surface area contributed by atoms with Crippen molar-refractivity contribution in [2.45, 2.75) is 4.90 Å². The summed E-state index contributed by atoms with van der Waals surface area (Å²) in [4.78, 5) is 10.4. The molecule has 0 aliphatic rings. The third kappa shape index (κ3) is 4.28. The Bertz CT molecular complexity index is 873. The number of hydrogen-bond donors (Lipinski definition) is 2. The maximum atomic E-state index is 12.1. The van der Waals surface area contributed by atoms with Gasteiger partial charge in [0, 0.05) is 19.2 Å². The molecule has 2 rings (SSSR count). The van der Waals surface area contributed by atoms with Gasteiger partial charge in [0.2, 0.25) is 10.0 Å². The predicted molar refractivity (Wildman–Crippen MR) is 87.9 cm³/mol. The van der Waals surface area contributed by atoms with Gasteiger partial charge in [-0.05, 0) is 30.3 Å². The molecule has 0 fully saturated rings. The maximum Gasteiger partial charge on any atom is 0.292 e. The SMILES string of the molecule is N#Cc1ccc(S(=O)(=O)NCCNc2ccccc2[N+](=O)[O-])cc1. The first-order valence-electron chi connectivity index (χ1n) is 6.91. The molecule has 0 unspecified atom stereocenters. The fourth-order valence-corrected chi connectivity index (χ4v) is 2.99. The second-order valence-corrected chi connectivity index (χ2v) is 6.50. The van der Waals surface area contributed by atoms with Gasteiger partial charge in [0.25, 0.3) is 5.69 Å². The standard InChI is InChI=1S/C15H14N4O4S/c16-11-12-5-7-13(8-6-12)24(22,23)18-10-9-17-14-3-1-2-4-15(14)19(20)21/h1-8,17-18H,9-10H2. The number of hydrogen-bond acceptors (Lipinski definition) is 6. The van der Waals surface area contributed by atoms with Gasteiger partial charge in [-0.2, -0.15) is 5.26 Å². The van der Waals surface area contributed by atoms with Crippen LogP contribution in [0.2, 0.25) is 0 Å². The Kier molecular flexibility index (Phi) is 5.47. The highest BCUT2D eigenvalue weighted by Crippen LogP contribution is 2.22. The molecule has 2 aromatic rings. The van der Waals surface area contributed by atoms with Gasteiger partial charge in [0.15, 0.2) is 0 Å². The number of anilines is 1. The molecule has 0 saturated carbocycles. The topological polar surface area (TPSA) is 125 Å². The van der Waals surface area contributed by atoms with Crippen molar-refractivity contribution in [3.8, 4) is 6.07 Å². The highest BCUT2D eigenvalue weighted by Gasteiger charge is 2.14. The second kappa shape index (κ2) is 7.54. The molecule has 0 aliphatic carbocycles. The molecule has 0 amide bonds. The molecule has 0 saturated heterocycles. The maximum absolute atomic E-state index is 12.1. The van der Waals surface area contributed by atoms with Crippen LogP contribution >= 0.6 is 0 Å². The van der Waals surface area contributed by atoms with Crippen molar-refractivity contribution in [3.63, 3.8) is 0 Å². The second-order valence-electron chi connectivity index (χ2n) is 4.73. The average Bonchev–Trinajstić information content (AvgIpc) is 2.59. The highest BCUT2D eigenvalue weighted by atomic mass is 32.2. The van der Waals surface area contributed by atoms with Crippen LogP contribution in [-0.4, -0.2) is 26.4 Å². The molecule has 0 spiro atoms. The number of nitriles is 1. The largest absolute Gasteiger partial charge is 0.378 e. The molecule has 0 bridgehead atoms. The molecule has 0 aromatic heterocycles. The van der Waals surface area contributed by atoms with E-state index in [0.717, 1.165) is 0 Å². The van der Waals surface area contributed by atoms with Crippen LogP contribution in [0.25, 0.3) is 0 Å². The summed E-state index contributed by atoms with van der Waals surface area (Å²) < 4.78 is 26.6. The molecule has 0 radical (unpaired) electrons. The molecular formula is C15H14N4O4S. The van der Waals surface area contributed by atoms with Gasteiger partial charge in [0.1, 0.15) is 5.69 Å². The van der Waals surface area contributed by atoms with E-state index < -0.39 is 14.9 Å². The number of sulfonamides is 1. The molecule has 0 atom stereocenters. The lowest BCUT2D eigenvalue weighted by Gasteiger charge is -2.09. The number of nitrogens with one attached hydrogen (secondary N) is 2. The van der Waals surface area contributed by atoms with Crippen LogP contribution < -0.4 is 10.0 Å². The first kappa shape index (κ1) is 17.4. The number of nitrogens with zero attached hydrogens (tertiary/aromatic N) is 2.